The Hall–Kier alpha value is -0.570. The highest BCUT2D eigenvalue weighted by molar-refractivity contribution is 5.78. The molecule has 0 saturated heterocycles. The predicted molar refractivity (Wildman–Crippen MR) is 53.9 cm³/mol. The zero-order valence-corrected chi connectivity index (χ0v) is 8.60. The van der Waals surface area contributed by atoms with E-state index in [0.717, 1.165) is 12.8 Å². The number of hydrogen-bond acceptors (Lipinski definition) is 2. The van der Waals surface area contributed by atoms with Crippen LogP contribution in [0.3, 0.4) is 0 Å². The Morgan fingerprint density at radius 2 is 2.00 bits per heavy atom. The number of nitrogens with two attached hydrogens (primary N) is 1. The van der Waals surface area contributed by atoms with Crippen LogP contribution in [0, 0.1) is 10.8 Å². The molecule has 1 saturated carbocycles. The van der Waals surface area contributed by atoms with Gasteiger partial charge in [0.05, 0.1) is 6.10 Å². The maximum absolute atomic E-state index is 7.04. The molecule has 0 unspecified atom stereocenters. The second-order valence-electron chi connectivity index (χ2n) is 4.70. The van der Waals surface area contributed by atoms with E-state index in [1.54, 1.807) is 0 Å². The van der Waals surface area contributed by atoms with Crippen LogP contribution in [0.25, 0.3) is 0 Å². The lowest BCUT2D eigenvalue weighted by Crippen LogP contribution is -2.29. The highest BCUT2D eigenvalue weighted by Crippen LogP contribution is 2.35. The van der Waals surface area contributed by atoms with Crippen LogP contribution in [0.4, 0.5) is 0 Å². The van der Waals surface area contributed by atoms with Gasteiger partial charge in [0.2, 0.25) is 0 Å². The standard InChI is InChI=1S/C10H20N2O/c1-10(2)5-3-8(4-6-10)13-7-9(11)12/h8H,3-7H2,1-2H3,(H3,11,12). The monoisotopic (exact) mass is 184 g/mol. The van der Waals surface area contributed by atoms with E-state index in [-0.39, 0.29) is 5.84 Å². The quantitative estimate of drug-likeness (QED) is 0.520. The first-order valence-electron chi connectivity index (χ1n) is 4.94. The molecule has 1 rings (SSSR count). The molecule has 0 aromatic rings. The Morgan fingerprint density at radius 3 is 2.46 bits per heavy atom. The van der Waals surface area contributed by atoms with Gasteiger partial charge in [0.15, 0.2) is 0 Å². The number of hydrogen-bond donors (Lipinski definition) is 2. The van der Waals surface area contributed by atoms with Crippen LogP contribution in [0.15, 0.2) is 0 Å². The van der Waals surface area contributed by atoms with E-state index in [9.17, 15) is 0 Å². The molecule has 3 heteroatoms. The minimum Gasteiger partial charge on any atom is -0.386 e. The average Bonchev–Trinajstić information content (AvgIpc) is 2.02. The van der Waals surface area contributed by atoms with Crippen LogP contribution in [0.2, 0.25) is 0 Å². The second-order valence-corrected chi connectivity index (χ2v) is 4.70. The first kappa shape index (κ1) is 10.5. The lowest BCUT2D eigenvalue weighted by molar-refractivity contribution is 0.0234. The van der Waals surface area contributed by atoms with Crippen molar-refractivity contribution in [3.05, 3.63) is 0 Å². The molecule has 0 spiro atoms. The van der Waals surface area contributed by atoms with Gasteiger partial charge in [-0.05, 0) is 31.1 Å². The average molecular weight is 184 g/mol. The number of rotatable bonds is 3. The zero-order chi connectivity index (χ0) is 9.90. The molecular weight excluding hydrogens is 164 g/mol. The Morgan fingerprint density at radius 1 is 1.46 bits per heavy atom. The number of ether oxygens (including phenoxy) is 1. The SMILES string of the molecule is CC1(C)CCC(OCC(=N)N)CC1. The topological polar surface area (TPSA) is 59.1 Å². The molecule has 0 radical (unpaired) electrons. The summed E-state index contributed by atoms with van der Waals surface area (Å²) in [6.07, 6.45) is 4.99. The van der Waals surface area contributed by atoms with Crippen molar-refractivity contribution in [2.24, 2.45) is 11.1 Å². The van der Waals surface area contributed by atoms with E-state index in [4.69, 9.17) is 15.9 Å². The molecule has 0 bridgehead atoms. The second kappa shape index (κ2) is 4.09. The van der Waals surface area contributed by atoms with Gasteiger partial charge in [0.25, 0.3) is 0 Å². The fourth-order valence-electron chi connectivity index (χ4n) is 1.75. The molecule has 1 aliphatic carbocycles. The maximum Gasteiger partial charge on any atom is 0.117 e. The van der Waals surface area contributed by atoms with Crippen molar-refractivity contribution in [3.63, 3.8) is 0 Å². The molecule has 0 amide bonds. The van der Waals surface area contributed by atoms with Crippen molar-refractivity contribution in [2.45, 2.75) is 45.6 Å². The van der Waals surface area contributed by atoms with Gasteiger partial charge in [-0.1, -0.05) is 13.8 Å². The molecule has 3 N–H and O–H groups in total. The van der Waals surface area contributed by atoms with Gasteiger partial charge < -0.3 is 10.5 Å². The zero-order valence-electron chi connectivity index (χ0n) is 8.60. The van der Waals surface area contributed by atoms with Crippen molar-refractivity contribution >= 4 is 5.84 Å². The van der Waals surface area contributed by atoms with Crippen molar-refractivity contribution in [3.8, 4) is 0 Å². The molecule has 0 aromatic carbocycles. The van der Waals surface area contributed by atoms with Crippen LogP contribution < -0.4 is 5.73 Å². The summed E-state index contributed by atoms with van der Waals surface area (Å²) >= 11 is 0. The molecule has 0 aliphatic heterocycles. The third-order valence-corrected chi connectivity index (χ3v) is 2.76. The van der Waals surface area contributed by atoms with E-state index in [1.165, 1.54) is 12.8 Å². The van der Waals surface area contributed by atoms with E-state index in [0.29, 0.717) is 18.1 Å². The lowest BCUT2D eigenvalue weighted by Gasteiger charge is -2.34. The van der Waals surface area contributed by atoms with E-state index < -0.39 is 0 Å². The first-order valence-corrected chi connectivity index (χ1v) is 4.94. The lowest BCUT2D eigenvalue weighted by atomic mass is 9.76. The van der Waals surface area contributed by atoms with E-state index in [1.807, 2.05) is 0 Å². The third-order valence-electron chi connectivity index (χ3n) is 2.76. The summed E-state index contributed by atoms with van der Waals surface area (Å²) in [5, 5.41) is 7.04. The van der Waals surface area contributed by atoms with Crippen LogP contribution in [0.5, 0.6) is 0 Å². The number of nitrogens with one attached hydrogen (secondary N) is 1. The fraction of sp³-hybridized carbons (Fsp3) is 0.900. The van der Waals surface area contributed by atoms with Crippen molar-refractivity contribution < 1.29 is 4.74 Å². The van der Waals surface area contributed by atoms with Gasteiger partial charge in [-0.2, -0.15) is 0 Å². The van der Waals surface area contributed by atoms with Gasteiger partial charge in [0, 0.05) is 0 Å². The van der Waals surface area contributed by atoms with Gasteiger partial charge in [-0.25, -0.2) is 0 Å². The van der Waals surface area contributed by atoms with E-state index >= 15 is 0 Å². The highest BCUT2D eigenvalue weighted by Gasteiger charge is 2.26. The molecular formula is C10H20N2O. The van der Waals surface area contributed by atoms with Crippen LogP contribution >= 0.6 is 0 Å². The van der Waals surface area contributed by atoms with Gasteiger partial charge in [-0.15, -0.1) is 0 Å². The summed E-state index contributed by atoms with van der Waals surface area (Å²) in [6, 6.07) is 0. The molecule has 76 valence electrons. The normalized spacial score (nSPS) is 22.9. The minimum atomic E-state index is 0.129. The largest absolute Gasteiger partial charge is 0.386 e. The molecule has 1 fully saturated rings. The maximum atomic E-state index is 7.04. The van der Waals surface area contributed by atoms with Crippen LogP contribution in [-0.2, 0) is 4.74 Å². The summed E-state index contributed by atoms with van der Waals surface area (Å²) in [4.78, 5) is 0. The first-order chi connectivity index (χ1) is 5.99. The molecule has 0 aromatic heterocycles. The Bertz CT molecular complexity index is 179. The molecule has 0 heterocycles. The van der Waals surface area contributed by atoms with Gasteiger partial charge >= 0.3 is 0 Å². The third kappa shape index (κ3) is 3.77. The highest BCUT2D eigenvalue weighted by atomic mass is 16.5. The van der Waals surface area contributed by atoms with Crippen LogP contribution in [0.1, 0.15) is 39.5 Å². The van der Waals surface area contributed by atoms with Gasteiger partial charge in [0.1, 0.15) is 12.4 Å². The van der Waals surface area contributed by atoms with Crippen molar-refractivity contribution in [1.29, 1.82) is 5.41 Å². The molecule has 3 nitrogen and oxygen atoms in total. The van der Waals surface area contributed by atoms with E-state index in [2.05, 4.69) is 13.8 Å². The summed E-state index contributed by atoms with van der Waals surface area (Å²) in [5.74, 6) is 0.129. The summed E-state index contributed by atoms with van der Waals surface area (Å²) in [7, 11) is 0. The minimum absolute atomic E-state index is 0.129. The molecule has 13 heavy (non-hydrogen) atoms. The molecule has 0 atom stereocenters. The van der Waals surface area contributed by atoms with Crippen LogP contribution in [-0.4, -0.2) is 18.5 Å². The smallest absolute Gasteiger partial charge is 0.117 e. The molecule has 1 aliphatic rings. The summed E-state index contributed by atoms with van der Waals surface area (Å²) in [5.41, 5.74) is 5.70. The Kier molecular flexibility index (Phi) is 3.31. The predicted octanol–water partition coefficient (Wildman–Crippen LogP) is 1.91. The Labute approximate surface area is 80.2 Å². The van der Waals surface area contributed by atoms with Crippen molar-refractivity contribution in [2.75, 3.05) is 6.61 Å². The van der Waals surface area contributed by atoms with Gasteiger partial charge in [-0.3, -0.25) is 5.41 Å². The van der Waals surface area contributed by atoms with Crippen molar-refractivity contribution in [1.82, 2.24) is 0 Å². The summed E-state index contributed by atoms with van der Waals surface area (Å²) < 4.78 is 5.49. The summed E-state index contributed by atoms with van der Waals surface area (Å²) in [6.45, 7) is 4.90. The fourth-order valence-corrected chi connectivity index (χ4v) is 1.75. The number of amidine groups is 1. The Balaban J connectivity index is 2.21.